The molecule has 0 radical (unpaired) electrons. The zero-order chi connectivity index (χ0) is 22.1. The van der Waals surface area contributed by atoms with Crippen molar-refractivity contribution in [1.29, 1.82) is 0 Å². The van der Waals surface area contributed by atoms with Gasteiger partial charge in [-0.15, -0.1) is 0 Å². The number of rotatable bonds is 4. The quantitative estimate of drug-likeness (QED) is 0.793. The molecule has 1 unspecified atom stereocenters. The smallest absolute Gasteiger partial charge is 0.272 e. The molecular weight excluding hydrogens is 387 g/mol. The van der Waals surface area contributed by atoms with Crippen LogP contribution < -0.4 is 10.6 Å². The third-order valence-electron chi connectivity index (χ3n) is 5.29. The monoisotopic (exact) mass is 416 g/mol. The normalized spacial score (nSPS) is 15.8. The second-order valence-electron chi connectivity index (χ2n) is 8.72. The maximum atomic E-state index is 14.5. The van der Waals surface area contributed by atoms with Crippen LogP contribution in [-0.2, 0) is 17.9 Å². The van der Waals surface area contributed by atoms with Gasteiger partial charge < -0.3 is 20.1 Å². The number of carbonyl (C=O) groups excluding carboxylic acids is 2. The van der Waals surface area contributed by atoms with E-state index >= 15 is 0 Å². The van der Waals surface area contributed by atoms with Crippen molar-refractivity contribution in [2.45, 2.75) is 46.3 Å². The van der Waals surface area contributed by atoms with E-state index in [2.05, 4.69) is 25.5 Å². The lowest BCUT2D eigenvalue weighted by molar-refractivity contribution is -0.124. The highest BCUT2D eigenvalue weighted by molar-refractivity contribution is 5.97. The molecule has 3 heterocycles. The van der Waals surface area contributed by atoms with E-state index in [4.69, 9.17) is 0 Å². The first kappa shape index (κ1) is 21.9. The van der Waals surface area contributed by atoms with E-state index < -0.39 is 23.2 Å². The van der Waals surface area contributed by atoms with E-state index in [0.29, 0.717) is 30.2 Å². The number of fused-ring (bicyclic) bond motifs is 1. The first-order chi connectivity index (χ1) is 14.1. The fraction of sp³-hybridized carbons (Fsp3) is 0.524. The number of nitrogens with zero attached hydrogens (tertiary/aromatic N) is 4. The van der Waals surface area contributed by atoms with Crippen LogP contribution in [0.5, 0.6) is 0 Å². The van der Waals surface area contributed by atoms with Gasteiger partial charge in [-0.05, 0) is 31.5 Å². The van der Waals surface area contributed by atoms with Gasteiger partial charge in [-0.1, -0.05) is 20.8 Å². The number of imidazole rings is 1. The summed E-state index contributed by atoms with van der Waals surface area (Å²) in [5, 5.41) is 5.44. The molecule has 1 aliphatic heterocycles. The average Bonchev–Trinajstić information content (AvgIpc) is 2.91. The number of hydrogen-bond donors (Lipinski definition) is 2. The molecule has 2 amide bonds. The van der Waals surface area contributed by atoms with Crippen molar-refractivity contribution in [3.8, 4) is 11.4 Å². The van der Waals surface area contributed by atoms with Crippen molar-refractivity contribution in [2.24, 2.45) is 5.41 Å². The molecule has 3 rings (SSSR count). The van der Waals surface area contributed by atoms with Crippen molar-refractivity contribution < 1.29 is 14.0 Å². The summed E-state index contributed by atoms with van der Waals surface area (Å²) in [4.78, 5) is 36.1. The van der Waals surface area contributed by atoms with Crippen LogP contribution in [0, 0.1) is 11.2 Å². The minimum absolute atomic E-state index is 0.216. The third-order valence-corrected chi connectivity index (χ3v) is 5.29. The van der Waals surface area contributed by atoms with E-state index in [1.807, 2.05) is 32.4 Å². The summed E-state index contributed by atoms with van der Waals surface area (Å²) in [5.41, 5.74) is 0.730. The number of nitrogens with one attached hydrogen (secondary N) is 2. The molecule has 0 fully saturated rings. The van der Waals surface area contributed by atoms with Gasteiger partial charge in [-0.25, -0.2) is 9.37 Å². The van der Waals surface area contributed by atoms with Gasteiger partial charge in [0, 0.05) is 26.3 Å². The van der Waals surface area contributed by atoms with Gasteiger partial charge in [-0.2, -0.15) is 0 Å². The van der Waals surface area contributed by atoms with Gasteiger partial charge in [-0.3, -0.25) is 14.6 Å². The standard InChI is InChI=1S/C21H29FN6O2/c1-21(2,3)17(20(30)23-4)26-19(29)16-15-12-27(5)9-6-10-28(15)18(25-16)13-7-8-24-11-14(13)22/h7-8,11,17H,6,9-10,12H2,1-5H3,(H,23,30)(H,26,29). The summed E-state index contributed by atoms with van der Waals surface area (Å²) < 4.78 is 16.4. The van der Waals surface area contributed by atoms with E-state index in [1.54, 1.807) is 6.07 Å². The zero-order valence-corrected chi connectivity index (χ0v) is 18.1. The summed E-state index contributed by atoms with van der Waals surface area (Å²) in [6.45, 7) is 7.62. The van der Waals surface area contributed by atoms with Gasteiger partial charge in [0.25, 0.3) is 5.91 Å². The number of amides is 2. The number of likely N-dealkylation sites (N-methyl/N-ethyl adjacent to an activating group) is 1. The number of aromatic nitrogens is 3. The molecule has 0 aliphatic carbocycles. The van der Waals surface area contributed by atoms with Crippen LogP contribution in [0.4, 0.5) is 4.39 Å². The van der Waals surface area contributed by atoms with Crippen LogP contribution in [0.2, 0.25) is 0 Å². The van der Waals surface area contributed by atoms with Crippen molar-refractivity contribution in [1.82, 2.24) is 30.1 Å². The summed E-state index contributed by atoms with van der Waals surface area (Å²) in [5.74, 6) is -0.817. The van der Waals surface area contributed by atoms with Crippen LogP contribution in [0.1, 0.15) is 43.4 Å². The lowest BCUT2D eigenvalue weighted by Gasteiger charge is -2.29. The summed E-state index contributed by atoms with van der Waals surface area (Å²) in [6, 6.07) is 0.820. The third kappa shape index (κ3) is 4.35. The van der Waals surface area contributed by atoms with Crippen LogP contribution in [0.25, 0.3) is 11.4 Å². The highest BCUT2D eigenvalue weighted by atomic mass is 19.1. The minimum Gasteiger partial charge on any atom is -0.357 e. The van der Waals surface area contributed by atoms with E-state index in [1.165, 1.54) is 13.2 Å². The Morgan fingerprint density at radius 3 is 2.63 bits per heavy atom. The highest BCUT2D eigenvalue weighted by Gasteiger charge is 2.34. The summed E-state index contributed by atoms with van der Waals surface area (Å²) in [6.07, 6.45) is 3.49. The predicted molar refractivity (Wildman–Crippen MR) is 111 cm³/mol. The minimum atomic E-state index is -0.739. The van der Waals surface area contributed by atoms with E-state index in [9.17, 15) is 14.0 Å². The Morgan fingerprint density at radius 2 is 2.00 bits per heavy atom. The van der Waals surface area contributed by atoms with Gasteiger partial charge in [0.2, 0.25) is 5.91 Å². The fourth-order valence-corrected chi connectivity index (χ4v) is 3.68. The molecule has 162 valence electrons. The van der Waals surface area contributed by atoms with Crippen LogP contribution in [0.15, 0.2) is 18.5 Å². The van der Waals surface area contributed by atoms with Crippen molar-refractivity contribution in [3.63, 3.8) is 0 Å². The molecule has 8 nitrogen and oxygen atoms in total. The van der Waals surface area contributed by atoms with Gasteiger partial charge >= 0.3 is 0 Å². The largest absolute Gasteiger partial charge is 0.357 e. The molecule has 2 N–H and O–H groups in total. The Labute approximate surface area is 175 Å². The van der Waals surface area contributed by atoms with Gasteiger partial charge in [0.15, 0.2) is 11.5 Å². The Morgan fingerprint density at radius 1 is 1.27 bits per heavy atom. The molecule has 1 aliphatic rings. The Kier molecular flexibility index (Phi) is 6.21. The Balaban J connectivity index is 2.07. The number of halogens is 1. The summed E-state index contributed by atoms with van der Waals surface area (Å²) >= 11 is 0. The molecule has 0 saturated carbocycles. The SMILES string of the molecule is CNC(=O)C(NC(=O)c1nc(-c2ccncc2F)n2c1CN(C)CCC2)C(C)(C)C. The molecule has 0 bridgehead atoms. The first-order valence-electron chi connectivity index (χ1n) is 10.0. The first-order valence-corrected chi connectivity index (χ1v) is 10.0. The molecule has 1 atom stereocenters. The second kappa shape index (κ2) is 8.51. The molecule has 0 aromatic carbocycles. The maximum Gasteiger partial charge on any atom is 0.272 e. The van der Waals surface area contributed by atoms with Crippen molar-refractivity contribution in [2.75, 3.05) is 20.6 Å². The molecule has 0 saturated heterocycles. The lowest BCUT2D eigenvalue weighted by atomic mass is 9.86. The average molecular weight is 417 g/mol. The Hall–Kier alpha value is -2.81. The second-order valence-corrected chi connectivity index (χ2v) is 8.72. The van der Waals surface area contributed by atoms with Crippen molar-refractivity contribution >= 4 is 11.8 Å². The molecule has 2 aromatic heterocycles. The van der Waals surface area contributed by atoms with Gasteiger partial charge in [0.05, 0.1) is 17.5 Å². The number of hydrogen-bond acceptors (Lipinski definition) is 5. The van der Waals surface area contributed by atoms with Crippen molar-refractivity contribution in [3.05, 3.63) is 35.7 Å². The molecule has 30 heavy (non-hydrogen) atoms. The molecule has 0 spiro atoms. The Bertz CT molecular complexity index is 949. The van der Waals surface area contributed by atoms with Crippen LogP contribution in [0.3, 0.4) is 0 Å². The molecule has 9 heteroatoms. The zero-order valence-electron chi connectivity index (χ0n) is 18.1. The molecular formula is C21H29FN6O2. The summed E-state index contributed by atoms with van der Waals surface area (Å²) in [7, 11) is 3.51. The predicted octanol–water partition coefficient (Wildman–Crippen LogP) is 1.81. The molecule has 2 aromatic rings. The fourth-order valence-electron chi connectivity index (χ4n) is 3.68. The lowest BCUT2D eigenvalue weighted by Crippen LogP contribution is -2.53. The van der Waals surface area contributed by atoms with E-state index in [-0.39, 0.29) is 11.6 Å². The maximum absolute atomic E-state index is 14.5. The van der Waals surface area contributed by atoms with E-state index in [0.717, 1.165) is 19.2 Å². The number of pyridine rings is 1. The number of carbonyl (C=O) groups is 2. The topological polar surface area (TPSA) is 92.1 Å². The van der Waals surface area contributed by atoms with Crippen LogP contribution in [-0.4, -0.2) is 57.9 Å². The highest BCUT2D eigenvalue weighted by Crippen LogP contribution is 2.28. The van der Waals surface area contributed by atoms with Crippen LogP contribution >= 0.6 is 0 Å². The van der Waals surface area contributed by atoms with Gasteiger partial charge in [0.1, 0.15) is 11.9 Å².